The highest BCUT2D eigenvalue weighted by molar-refractivity contribution is 5.65. The SMILES string of the molecule is O=[N+]([O-])c1ccc(NCc2cccc(F)c2)c([N+](=O)[O-])c1. The van der Waals surface area contributed by atoms with Crippen molar-refractivity contribution >= 4 is 17.1 Å². The number of benzene rings is 2. The third-order valence-electron chi connectivity index (χ3n) is 2.76. The summed E-state index contributed by atoms with van der Waals surface area (Å²) in [5.74, 6) is -0.410. The van der Waals surface area contributed by atoms with Crippen molar-refractivity contribution in [1.29, 1.82) is 0 Å². The van der Waals surface area contributed by atoms with Crippen LogP contribution in [0.1, 0.15) is 5.56 Å². The smallest absolute Gasteiger partial charge is 0.299 e. The average molecular weight is 291 g/mol. The lowest BCUT2D eigenvalue weighted by atomic mass is 10.2. The highest BCUT2D eigenvalue weighted by atomic mass is 19.1. The molecule has 0 amide bonds. The molecule has 0 atom stereocenters. The van der Waals surface area contributed by atoms with Crippen molar-refractivity contribution in [2.75, 3.05) is 5.32 Å². The molecule has 8 heteroatoms. The summed E-state index contributed by atoms with van der Waals surface area (Å²) in [4.78, 5) is 20.2. The van der Waals surface area contributed by atoms with Crippen molar-refractivity contribution in [1.82, 2.24) is 0 Å². The molecule has 21 heavy (non-hydrogen) atoms. The van der Waals surface area contributed by atoms with Crippen LogP contribution in [-0.2, 0) is 6.54 Å². The molecule has 0 bridgehead atoms. The van der Waals surface area contributed by atoms with E-state index in [2.05, 4.69) is 5.32 Å². The predicted octanol–water partition coefficient (Wildman–Crippen LogP) is 3.25. The van der Waals surface area contributed by atoms with E-state index in [-0.39, 0.29) is 17.9 Å². The second kappa shape index (κ2) is 5.95. The monoisotopic (exact) mass is 291 g/mol. The minimum absolute atomic E-state index is 0.134. The Hall–Kier alpha value is -3.03. The number of anilines is 1. The molecule has 1 N–H and O–H groups in total. The van der Waals surface area contributed by atoms with Crippen molar-refractivity contribution in [2.24, 2.45) is 0 Å². The molecule has 0 heterocycles. The van der Waals surface area contributed by atoms with E-state index in [0.717, 1.165) is 6.07 Å². The van der Waals surface area contributed by atoms with Gasteiger partial charge in [-0.05, 0) is 23.8 Å². The number of nitrogens with one attached hydrogen (secondary N) is 1. The zero-order valence-electron chi connectivity index (χ0n) is 10.7. The molecule has 0 unspecified atom stereocenters. The Morgan fingerprint density at radius 2 is 1.81 bits per heavy atom. The molecule has 0 aliphatic carbocycles. The lowest BCUT2D eigenvalue weighted by Gasteiger charge is -2.07. The summed E-state index contributed by atoms with van der Waals surface area (Å²) in [6.45, 7) is 0.163. The molecule has 0 fully saturated rings. The minimum atomic E-state index is -0.707. The highest BCUT2D eigenvalue weighted by Gasteiger charge is 2.19. The molecule has 0 radical (unpaired) electrons. The second-order valence-electron chi connectivity index (χ2n) is 4.20. The summed E-state index contributed by atoms with van der Waals surface area (Å²) in [5.41, 5.74) is -0.0314. The Balaban J connectivity index is 2.23. The fraction of sp³-hybridized carbons (Fsp3) is 0.0769. The van der Waals surface area contributed by atoms with Crippen LogP contribution in [0.15, 0.2) is 42.5 Å². The zero-order valence-corrected chi connectivity index (χ0v) is 10.7. The molecule has 0 aliphatic heterocycles. The number of hydrogen-bond acceptors (Lipinski definition) is 5. The van der Waals surface area contributed by atoms with Crippen LogP contribution in [0.2, 0.25) is 0 Å². The standard InChI is InChI=1S/C13H10FN3O4/c14-10-3-1-2-9(6-10)8-15-12-5-4-11(16(18)19)7-13(12)17(20)21/h1-7,15H,8H2. The summed E-state index contributed by atoms with van der Waals surface area (Å²) in [7, 11) is 0. The van der Waals surface area contributed by atoms with Crippen molar-refractivity contribution in [3.63, 3.8) is 0 Å². The number of nitrogens with zero attached hydrogens (tertiary/aromatic N) is 2. The molecule has 7 nitrogen and oxygen atoms in total. The van der Waals surface area contributed by atoms with E-state index in [1.807, 2.05) is 0 Å². The molecular weight excluding hydrogens is 281 g/mol. The van der Waals surface area contributed by atoms with E-state index >= 15 is 0 Å². The van der Waals surface area contributed by atoms with Crippen LogP contribution in [0, 0.1) is 26.0 Å². The maximum absolute atomic E-state index is 13.0. The average Bonchev–Trinajstić information content (AvgIpc) is 2.44. The van der Waals surface area contributed by atoms with E-state index in [4.69, 9.17) is 0 Å². The third-order valence-corrected chi connectivity index (χ3v) is 2.76. The van der Waals surface area contributed by atoms with E-state index in [9.17, 15) is 24.6 Å². The van der Waals surface area contributed by atoms with Crippen LogP contribution in [0.4, 0.5) is 21.5 Å². The van der Waals surface area contributed by atoms with Gasteiger partial charge in [-0.1, -0.05) is 12.1 Å². The van der Waals surface area contributed by atoms with Gasteiger partial charge in [0.25, 0.3) is 11.4 Å². The first-order valence-electron chi connectivity index (χ1n) is 5.88. The van der Waals surface area contributed by atoms with Crippen LogP contribution in [0.3, 0.4) is 0 Å². The van der Waals surface area contributed by atoms with Gasteiger partial charge < -0.3 is 5.32 Å². The van der Waals surface area contributed by atoms with Crippen molar-refractivity contribution < 1.29 is 14.2 Å². The van der Waals surface area contributed by atoms with Crippen LogP contribution in [0.25, 0.3) is 0 Å². The molecule has 108 valence electrons. The first-order valence-corrected chi connectivity index (χ1v) is 5.88. The minimum Gasteiger partial charge on any atom is -0.375 e. The summed E-state index contributed by atoms with van der Waals surface area (Å²) in [5, 5.41) is 24.3. The largest absolute Gasteiger partial charge is 0.375 e. The zero-order chi connectivity index (χ0) is 15.4. The number of halogens is 1. The van der Waals surface area contributed by atoms with Gasteiger partial charge >= 0.3 is 0 Å². The van der Waals surface area contributed by atoms with Gasteiger partial charge in [-0.15, -0.1) is 0 Å². The fourth-order valence-corrected chi connectivity index (χ4v) is 1.78. The van der Waals surface area contributed by atoms with E-state index < -0.39 is 21.4 Å². The van der Waals surface area contributed by atoms with Gasteiger partial charge in [0.05, 0.1) is 15.9 Å². The molecule has 0 saturated heterocycles. The number of hydrogen-bond donors (Lipinski definition) is 1. The molecule has 0 saturated carbocycles. The summed E-state index contributed by atoms with van der Waals surface area (Å²) in [6, 6.07) is 9.08. The Kier molecular flexibility index (Phi) is 4.07. The molecule has 2 aromatic carbocycles. The Labute approximate surface area is 118 Å². The van der Waals surface area contributed by atoms with Crippen molar-refractivity contribution in [3.8, 4) is 0 Å². The summed E-state index contributed by atoms with van der Waals surface area (Å²) < 4.78 is 13.0. The Morgan fingerprint density at radius 1 is 1.05 bits per heavy atom. The maximum Gasteiger partial charge on any atom is 0.299 e. The van der Waals surface area contributed by atoms with Gasteiger partial charge in [-0.2, -0.15) is 0 Å². The van der Waals surface area contributed by atoms with Crippen LogP contribution >= 0.6 is 0 Å². The van der Waals surface area contributed by atoms with Gasteiger partial charge in [0, 0.05) is 12.6 Å². The van der Waals surface area contributed by atoms with Gasteiger partial charge in [0.15, 0.2) is 0 Å². The molecule has 2 rings (SSSR count). The molecule has 0 aliphatic rings. The molecule has 2 aromatic rings. The van der Waals surface area contributed by atoms with Crippen molar-refractivity contribution in [2.45, 2.75) is 6.54 Å². The van der Waals surface area contributed by atoms with E-state index in [1.54, 1.807) is 6.07 Å². The Bertz CT molecular complexity index is 706. The summed E-state index contributed by atoms with van der Waals surface area (Å²) >= 11 is 0. The first-order chi connectivity index (χ1) is 9.97. The third kappa shape index (κ3) is 3.50. The Morgan fingerprint density at radius 3 is 2.43 bits per heavy atom. The topological polar surface area (TPSA) is 98.3 Å². The molecule has 0 aromatic heterocycles. The van der Waals surface area contributed by atoms with Crippen LogP contribution in [0.5, 0.6) is 0 Å². The number of nitro benzene ring substituents is 2. The van der Waals surface area contributed by atoms with Crippen LogP contribution in [-0.4, -0.2) is 9.85 Å². The lowest BCUT2D eigenvalue weighted by molar-refractivity contribution is -0.393. The normalized spacial score (nSPS) is 10.1. The predicted molar refractivity (Wildman–Crippen MR) is 73.5 cm³/mol. The lowest BCUT2D eigenvalue weighted by Crippen LogP contribution is -2.03. The number of non-ortho nitro benzene ring substituents is 1. The van der Waals surface area contributed by atoms with Gasteiger partial charge in [-0.25, -0.2) is 4.39 Å². The van der Waals surface area contributed by atoms with Gasteiger partial charge in [0.1, 0.15) is 11.5 Å². The number of nitro groups is 2. The van der Waals surface area contributed by atoms with Crippen LogP contribution < -0.4 is 5.32 Å². The maximum atomic E-state index is 13.0. The highest BCUT2D eigenvalue weighted by Crippen LogP contribution is 2.29. The number of rotatable bonds is 5. The van der Waals surface area contributed by atoms with E-state index in [1.165, 1.54) is 30.3 Å². The van der Waals surface area contributed by atoms with Gasteiger partial charge in [-0.3, -0.25) is 20.2 Å². The summed E-state index contributed by atoms with van der Waals surface area (Å²) in [6.07, 6.45) is 0. The fourth-order valence-electron chi connectivity index (χ4n) is 1.78. The van der Waals surface area contributed by atoms with E-state index in [0.29, 0.717) is 5.56 Å². The first kappa shape index (κ1) is 14.4. The van der Waals surface area contributed by atoms with Crippen molar-refractivity contribution in [3.05, 3.63) is 74.1 Å². The quantitative estimate of drug-likeness (QED) is 0.673. The van der Waals surface area contributed by atoms with Gasteiger partial charge in [0.2, 0.25) is 0 Å². The second-order valence-corrected chi connectivity index (χ2v) is 4.20. The molecule has 0 spiro atoms. The molecular formula is C13H10FN3O4.